The summed E-state index contributed by atoms with van der Waals surface area (Å²) in [5.74, 6) is -2.46. The number of rotatable bonds is 3. The van der Waals surface area contributed by atoms with Gasteiger partial charge in [-0.05, 0) is 36.4 Å². The van der Waals surface area contributed by atoms with E-state index >= 15 is 0 Å². The standard InChI is InChI=1S/C20H12F5N3OS/c21-13-5-4-10(6-14(13)22)15-9-30-19(27-15)17-16(29)8-28(18(17)26)12-3-1-2-11(7-12)20(23,24)25/h1-7,9,26,29H,8H2. The number of hydrogen-bond acceptors (Lipinski definition) is 4. The van der Waals surface area contributed by atoms with Gasteiger partial charge in [-0.2, -0.15) is 13.2 Å². The summed E-state index contributed by atoms with van der Waals surface area (Å²) in [4.78, 5) is 5.52. The number of nitrogens with one attached hydrogen (secondary N) is 1. The van der Waals surface area contributed by atoms with E-state index in [1.54, 1.807) is 5.38 Å². The van der Waals surface area contributed by atoms with E-state index in [2.05, 4.69) is 4.98 Å². The minimum absolute atomic E-state index is 0.0752. The van der Waals surface area contributed by atoms with E-state index < -0.39 is 23.4 Å². The Morgan fingerprint density at radius 3 is 2.53 bits per heavy atom. The predicted octanol–water partition coefficient (Wildman–Crippen LogP) is 5.87. The van der Waals surface area contributed by atoms with E-state index in [4.69, 9.17) is 5.41 Å². The normalized spacial score (nSPS) is 14.7. The Bertz CT molecular complexity index is 1190. The molecule has 2 aromatic carbocycles. The Morgan fingerprint density at radius 1 is 1.07 bits per heavy atom. The molecule has 10 heteroatoms. The fourth-order valence-electron chi connectivity index (χ4n) is 3.05. The summed E-state index contributed by atoms with van der Waals surface area (Å²) in [6.07, 6.45) is -4.54. The van der Waals surface area contributed by atoms with Crippen LogP contribution in [0.15, 0.2) is 53.6 Å². The van der Waals surface area contributed by atoms with Gasteiger partial charge in [-0.25, -0.2) is 13.8 Å². The highest BCUT2D eigenvalue weighted by atomic mass is 32.1. The lowest BCUT2D eigenvalue weighted by molar-refractivity contribution is -0.137. The first-order valence-corrected chi connectivity index (χ1v) is 9.40. The largest absolute Gasteiger partial charge is 0.510 e. The van der Waals surface area contributed by atoms with Crippen molar-refractivity contribution >= 4 is 28.4 Å². The molecule has 1 aliphatic heterocycles. The number of anilines is 1. The predicted molar refractivity (Wildman–Crippen MR) is 104 cm³/mol. The number of nitrogens with zero attached hydrogens (tertiary/aromatic N) is 2. The number of amidine groups is 1. The maximum atomic E-state index is 13.5. The van der Waals surface area contributed by atoms with Crippen LogP contribution in [0.1, 0.15) is 10.6 Å². The van der Waals surface area contributed by atoms with Gasteiger partial charge in [-0.3, -0.25) is 5.41 Å². The van der Waals surface area contributed by atoms with Gasteiger partial charge in [0.2, 0.25) is 0 Å². The van der Waals surface area contributed by atoms with Crippen LogP contribution in [-0.2, 0) is 6.18 Å². The Hall–Kier alpha value is -3.27. The molecule has 0 amide bonds. The number of aliphatic hydroxyl groups excluding tert-OH is 1. The van der Waals surface area contributed by atoms with Crippen molar-refractivity contribution in [3.05, 3.63) is 75.8 Å². The van der Waals surface area contributed by atoms with Crippen LogP contribution in [0.4, 0.5) is 27.6 Å². The molecule has 0 spiro atoms. The average molecular weight is 437 g/mol. The van der Waals surface area contributed by atoms with Crippen molar-refractivity contribution in [1.29, 1.82) is 5.41 Å². The summed E-state index contributed by atoms with van der Waals surface area (Å²) in [7, 11) is 0. The van der Waals surface area contributed by atoms with Crippen LogP contribution in [-0.4, -0.2) is 22.5 Å². The molecule has 0 bridgehead atoms. The van der Waals surface area contributed by atoms with Gasteiger partial charge in [-0.1, -0.05) is 6.07 Å². The lowest BCUT2D eigenvalue weighted by atomic mass is 10.1. The lowest BCUT2D eigenvalue weighted by Gasteiger charge is -2.20. The molecule has 0 unspecified atom stereocenters. The molecule has 1 aliphatic rings. The van der Waals surface area contributed by atoms with Crippen molar-refractivity contribution in [2.75, 3.05) is 11.4 Å². The van der Waals surface area contributed by atoms with Gasteiger partial charge in [0.05, 0.1) is 23.4 Å². The molecule has 0 fully saturated rings. The summed E-state index contributed by atoms with van der Waals surface area (Å²) < 4.78 is 65.6. The summed E-state index contributed by atoms with van der Waals surface area (Å²) in [6, 6.07) is 7.76. The SMILES string of the molecule is N=C1C(c2nc(-c3ccc(F)c(F)c3)cs2)=C(O)CN1c1cccc(C(F)(F)F)c1. The fraction of sp³-hybridized carbons (Fsp3) is 0.100. The molecule has 2 N–H and O–H groups in total. The van der Waals surface area contributed by atoms with Gasteiger partial charge in [0, 0.05) is 16.6 Å². The minimum atomic E-state index is -4.54. The molecular weight excluding hydrogens is 425 g/mol. The molecule has 0 saturated heterocycles. The first-order chi connectivity index (χ1) is 14.1. The Kier molecular flexibility index (Phi) is 4.81. The molecule has 0 radical (unpaired) electrons. The molecule has 0 aliphatic carbocycles. The van der Waals surface area contributed by atoms with E-state index in [0.717, 1.165) is 35.6 Å². The number of aliphatic hydroxyl groups is 1. The van der Waals surface area contributed by atoms with E-state index in [0.29, 0.717) is 11.3 Å². The Morgan fingerprint density at radius 2 is 1.83 bits per heavy atom. The van der Waals surface area contributed by atoms with Crippen LogP contribution in [0.5, 0.6) is 0 Å². The number of halogens is 5. The number of benzene rings is 2. The fourth-order valence-corrected chi connectivity index (χ4v) is 3.95. The summed E-state index contributed by atoms with van der Waals surface area (Å²) >= 11 is 1.07. The van der Waals surface area contributed by atoms with Crippen LogP contribution >= 0.6 is 11.3 Å². The van der Waals surface area contributed by atoms with Crippen LogP contribution < -0.4 is 4.90 Å². The summed E-state index contributed by atoms with van der Waals surface area (Å²) in [5.41, 5.74) is -0.0501. The Labute approximate surface area is 171 Å². The van der Waals surface area contributed by atoms with E-state index in [9.17, 15) is 27.1 Å². The van der Waals surface area contributed by atoms with Crippen molar-refractivity contribution in [2.24, 2.45) is 0 Å². The molecular formula is C20H12F5N3OS. The van der Waals surface area contributed by atoms with Crippen molar-refractivity contribution in [3.8, 4) is 11.3 Å². The van der Waals surface area contributed by atoms with Gasteiger partial charge >= 0.3 is 6.18 Å². The van der Waals surface area contributed by atoms with Gasteiger partial charge in [0.1, 0.15) is 16.6 Å². The first-order valence-electron chi connectivity index (χ1n) is 8.52. The zero-order chi connectivity index (χ0) is 21.6. The third kappa shape index (κ3) is 3.54. The van der Waals surface area contributed by atoms with Crippen LogP contribution in [0.3, 0.4) is 0 Å². The maximum Gasteiger partial charge on any atom is 0.416 e. The zero-order valence-corrected chi connectivity index (χ0v) is 15.8. The first kappa shape index (κ1) is 20.0. The molecule has 0 saturated carbocycles. The number of thiazole rings is 1. The third-order valence-electron chi connectivity index (χ3n) is 4.52. The smallest absolute Gasteiger partial charge is 0.416 e. The molecule has 0 atom stereocenters. The topological polar surface area (TPSA) is 60.2 Å². The minimum Gasteiger partial charge on any atom is -0.510 e. The monoisotopic (exact) mass is 437 g/mol. The molecule has 4 nitrogen and oxygen atoms in total. The van der Waals surface area contributed by atoms with Gasteiger partial charge in [0.25, 0.3) is 0 Å². The van der Waals surface area contributed by atoms with E-state index in [-0.39, 0.29) is 34.4 Å². The zero-order valence-electron chi connectivity index (χ0n) is 15.0. The van der Waals surface area contributed by atoms with Crippen molar-refractivity contribution < 1.29 is 27.1 Å². The molecule has 154 valence electrons. The van der Waals surface area contributed by atoms with Crippen LogP contribution in [0, 0.1) is 17.0 Å². The average Bonchev–Trinajstić information content (AvgIpc) is 3.28. The summed E-state index contributed by atoms with van der Waals surface area (Å²) in [6.45, 7) is -0.185. The second kappa shape index (κ2) is 7.21. The molecule has 30 heavy (non-hydrogen) atoms. The highest BCUT2D eigenvalue weighted by Gasteiger charge is 2.34. The quantitative estimate of drug-likeness (QED) is 0.504. The second-order valence-corrected chi connectivity index (χ2v) is 7.33. The van der Waals surface area contributed by atoms with Crippen molar-refractivity contribution in [2.45, 2.75) is 6.18 Å². The molecule has 3 aromatic rings. The van der Waals surface area contributed by atoms with Gasteiger partial charge in [0.15, 0.2) is 11.6 Å². The number of alkyl halides is 3. The molecule has 2 heterocycles. The van der Waals surface area contributed by atoms with Crippen molar-refractivity contribution in [3.63, 3.8) is 0 Å². The maximum absolute atomic E-state index is 13.5. The number of aromatic nitrogens is 1. The van der Waals surface area contributed by atoms with Gasteiger partial charge in [-0.15, -0.1) is 11.3 Å². The third-order valence-corrected chi connectivity index (χ3v) is 5.38. The van der Waals surface area contributed by atoms with E-state index in [1.165, 1.54) is 23.1 Å². The van der Waals surface area contributed by atoms with Crippen molar-refractivity contribution in [1.82, 2.24) is 4.98 Å². The highest BCUT2D eigenvalue weighted by Crippen LogP contribution is 2.37. The molecule has 4 rings (SSSR count). The van der Waals surface area contributed by atoms with Crippen LogP contribution in [0.25, 0.3) is 16.8 Å². The second-order valence-electron chi connectivity index (χ2n) is 6.47. The van der Waals surface area contributed by atoms with E-state index in [1.807, 2.05) is 0 Å². The lowest BCUT2D eigenvalue weighted by Crippen LogP contribution is -2.26. The van der Waals surface area contributed by atoms with Crippen LogP contribution in [0.2, 0.25) is 0 Å². The summed E-state index contributed by atoms with van der Waals surface area (Å²) in [5, 5.41) is 20.5. The molecule has 1 aromatic heterocycles. The number of hydrogen-bond donors (Lipinski definition) is 2. The Balaban J connectivity index is 1.64. The van der Waals surface area contributed by atoms with Gasteiger partial charge < -0.3 is 10.0 Å². The highest BCUT2D eigenvalue weighted by molar-refractivity contribution is 7.11.